The van der Waals surface area contributed by atoms with E-state index in [4.69, 9.17) is 10.5 Å². The Labute approximate surface area is 192 Å². The van der Waals surface area contributed by atoms with Crippen molar-refractivity contribution in [3.63, 3.8) is 0 Å². The number of fused-ring (bicyclic) bond motifs is 3. The summed E-state index contributed by atoms with van der Waals surface area (Å²) in [7, 11) is 0. The van der Waals surface area contributed by atoms with Crippen molar-refractivity contribution in [1.82, 2.24) is 10.6 Å². The zero-order valence-corrected chi connectivity index (χ0v) is 19.9. The zero-order chi connectivity index (χ0) is 23.2. The monoisotopic (exact) mass is 444 g/mol. The SMILES string of the molecule is CC(C)(C)OC(=O)NCC12CCC(CNC(=O)[C@@H](N)C/C3=C/C=C\C=NCC3)(CC1)CC2. The molecular weight excluding hydrogens is 404 g/mol. The number of hydrogen-bond donors (Lipinski definition) is 3. The summed E-state index contributed by atoms with van der Waals surface area (Å²) in [5, 5.41) is 6.13. The highest BCUT2D eigenvalue weighted by atomic mass is 16.6. The number of nitrogens with one attached hydrogen (secondary N) is 2. The average Bonchev–Trinajstić information content (AvgIpc) is 2.73. The summed E-state index contributed by atoms with van der Waals surface area (Å²) in [5.74, 6) is -0.0659. The second-order valence-electron chi connectivity index (χ2n) is 10.9. The fraction of sp³-hybridized carbons (Fsp3) is 0.720. The fourth-order valence-electron chi connectivity index (χ4n) is 5.06. The molecule has 7 nitrogen and oxygen atoms in total. The summed E-state index contributed by atoms with van der Waals surface area (Å²) in [4.78, 5) is 29.0. The first-order valence-corrected chi connectivity index (χ1v) is 12.0. The molecule has 0 spiro atoms. The largest absolute Gasteiger partial charge is 0.444 e. The van der Waals surface area contributed by atoms with Gasteiger partial charge in [0.15, 0.2) is 0 Å². The third-order valence-corrected chi connectivity index (χ3v) is 7.22. The van der Waals surface area contributed by atoms with Crippen molar-refractivity contribution in [1.29, 1.82) is 0 Å². The van der Waals surface area contributed by atoms with E-state index in [0.717, 1.165) is 57.1 Å². The average molecular weight is 445 g/mol. The molecule has 3 aliphatic carbocycles. The Morgan fingerprint density at radius 2 is 1.66 bits per heavy atom. The van der Waals surface area contributed by atoms with Crippen molar-refractivity contribution < 1.29 is 14.3 Å². The van der Waals surface area contributed by atoms with Crippen molar-refractivity contribution in [2.45, 2.75) is 83.8 Å². The van der Waals surface area contributed by atoms with Gasteiger partial charge in [-0.15, -0.1) is 0 Å². The summed E-state index contributed by atoms with van der Waals surface area (Å²) in [6, 6.07) is -0.529. The van der Waals surface area contributed by atoms with E-state index in [0.29, 0.717) is 19.5 Å². The summed E-state index contributed by atoms with van der Waals surface area (Å²) in [6.45, 7) is 7.72. The van der Waals surface area contributed by atoms with Crippen LogP contribution < -0.4 is 16.4 Å². The Morgan fingerprint density at radius 3 is 2.25 bits per heavy atom. The molecule has 4 aliphatic rings. The van der Waals surface area contributed by atoms with Crippen LogP contribution in [-0.4, -0.2) is 49.5 Å². The minimum absolute atomic E-state index is 0.0659. The highest BCUT2D eigenvalue weighted by molar-refractivity contribution is 5.81. The van der Waals surface area contributed by atoms with Crippen molar-refractivity contribution in [2.24, 2.45) is 21.6 Å². The van der Waals surface area contributed by atoms with Crippen LogP contribution in [0.15, 0.2) is 28.8 Å². The number of aliphatic imine (C=N–C) groups is 1. The second-order valence-corrected chi connectivity index (χ2v) is 10.9. The van der Waals surface area contributed by atoms with Crippen LogP contribution in [-0.2, 0) is 9.53 Å². The van der Waals surface area contributed by atoms with Crippen LogP contribution in [0.4, 0.5) is 4.79 Å². The number of amides is 2. The minimum Gasteiger partial charge on any atom is -0.444 e. The molecular formula is C25H40N4O3. The maximum absolute atomic E-state index is 12.7. The van der Waals surface area contributed by atoms with Crippen molar-refractivity contribution in [3.05, 3.63) is 23.8 Å². The number of allylic oxidation sites excluding steroid dienone is 3. The molecule has 1 heterocycles. The van der Waals surface area contributed by atoms with Crippen LogP contribution in [0.2, 0.25) is 0 Å². The Kier molecular flexibility index (Phi) is 7.80. The Morgan fingerprint density at radius 1 is 1.06 bits per heavy atom. The number of carbonyl (C=O) groups is 2. The van der Waals surface area contributed by atoms with E-state index in [1.54, 1.807) is 6.21 Å². The van der Waals surface area contributed by atoms with Gasteiger partial charge in [-0.3, -0.25) is 9.79 Å². The molecule has 4 rings (SSSR count). The normalized spacial score (nSPS) is 30.9. The lowest BCUT2D eigenvalue weighted by atomic mass is 9.53. The molecule has 1 atom stereocenters. The molecule has 0 aromatic rings. The van der Waals surface area contributed by atoms with Crippen LogP contribution in [0.3, 0.4) is 0 Å². The number of hydrogen-bond acceptors (Lipinski definition) is 5. The van der Waals surface area contributed by atoms with E-state index < -0.39 is 11.6 Å². The van der Waals surface area contributed by atoms with Gasteiger partial charge in [-0.05, 0) is 89.0 Å². The highest BCUT2D eigenvalue weighted by Crippen LogP contribution is 2.56. The number of nitrogens with two attached hydrogens (primary N) is 1. The number of ether oxygens (including phenoxy) is 1. The van der Waals surface area contributed by atoms with Crippen LogP contribution in [0, 0.1) is 10.8 Å². The third kappa shape index (κ3) is 6.92. The number of alkyl carbamates (subject to hydrolysis) is 1. The predicted molar refractivity (Wildman–Crippen MR) is 128 cm³/mol. The van der Waals surface area contributed by atoms with E-state index in [-0.39, 0.29) is 22.8 Å². The van der Waals surface area contributed by atoms with Crippen molar-refractivity contribution >= 4 is 18.2 Å². The van der Waals surface area contributed by atoms with E-state index in [2.05, 4.69) is 15.6 Å². The van der Waals surface area contributed by atoms with Gasteiger partial charge in [0, 0.05) is 25.8 Å². The lowest BCUT2D eigenvalue weighted by molar-refractivity contribution is -0.123. The quantitative estimate of drug-likeness (QED) is 0.557. The smallest absolute Gasteiger partial charge is 0.407 e. The Balaban J connectivity index is 1.43. The van der Waals surface area contributed by atoms with Gasteiger partial charge in [0.1, 0.15) is 5.60 Å². The lowest BCUT2D eigenvalue weighted by Crippen LogP contribution is -2.52. The summed E-state index contributed by atoms with van der Waals surface area (Å²) in [6.07, 6.45) is 15.2. The molecule has 178 valence electrons. The molecule has 3 fully saturated rings. The molecule has 7 heteroatoms. The van der Waals surface area contributed by atoms with Gasteiger partial charge >= 0.3 is 6.09 Å². The van der Waals surface area contributed by atoms with Gasteiger partial charge in [-0.25, -0.2) is 4.79 Å². The number of carbonyl (C=O) groups excluding carboxylic acids is 2. The van der Waals surface area contributed by atoms with Gasteiger partial charge < -0.3 is 21.1 Å². The van der Waals surface area contributed by atoms with Crippen LogP contribution >= 0.6 is 0 Å². The Bertz CT molecular complexity index is 754. The molecule has 0 aromatic carbocycles. The molecule has 4 N–H and O–H groups in total. The number of nitrogens with zero attached hydrogens (tertiary/aromatic N) is 1. The van der Waals surface area contributed by atoms with Crippen molar-refractivity contribution in [2.75, 3.05) is 19.6 Å². The molecule has 0 saturated heterocycles. The second kappa shape index (κ2) is 10.2. The number of rotatable bonds is 7. The third-order valence-electron chi connectivity index (χ3n) is 7.22. The lowest BCUT2D eigenvalue weighted by Gasteiger charge is -2.53. The summed E-state index contributed by atoms with van der Waals surface area (Å²) in [5.41, 5.74) is 7.23. The molecule has 0 unspecified atom stereocenters. The fourth-order valence-corrected chi connectivity index (χ4v) is 5.06. The van der Waals surface area contributed by atoms with Crippen LogP contribution in [0.5, 0.6) is 0 Å². The van der Waals surface area contributed by atoms with E-state index in [9.17, 15) is 9.59 Å². The summed E-state index contributed by atoms with van der Waals surface area (Å²) < 4.78 is 5.38. The van der Waals surface area contributed by atoms with Crippen LogP contribution in [0.1, 0.15) is 72.1 Å². The maximum atomic E-state index is 12.7. The maximum Gasteiger partial charge on any atom is 0.407 e. The zero-order valence-electron chi connectivity index (χ0n) is 19.9. The van der Waals surface area contributed by atoms with Gasteiger partial charge in [-0.2, -0.15) is 0 Å². The van der Waals surface area contributed by atoms with E-state index in [1.807, 2.05) is 39.0 Å². The molecule has 32 heavy (non-hydrogen) atoms. The standard InChI is InChI=1S/C25H40N4O3/c1-23(2,3)32-22(31)29-18-25-11-8-24(9-12-25,10-13-25)17-28-21(30)20(26)16-19-6-4-5-14-27-15-7-19/h4-6,14,20H,7-13,15-18,26H2,1-3H3,(H,28,30)(H,29,31)/b5-4-,19-6+,27-14?/t20-,24?,25?/m0/s1. The molecule has 0 radical (unpaired) electrons. The predicted octanol–water partition coefficient (Wildman–Crippen LogP) is 3.64. The molecule has 0 aromatic heterocycles. The molecule has 3 saturated carbocycles. The van der Waals surface area contributed by atoms with Gasteiger partial charge in [0.25, 0.3) is 0 Å². The first kappa shape index (κ1) is 24.5. The topological polar surface area (TPSA) is 106 Å². The van der Waals surface area contributed by atoms with Crippen molar-refractivity contribution in [3.8, 4) is 0 Å². The summed E-state index contributed by atoms with van der Waals surface area (Å²) >= 11 is 0. The first-order valence-electron chi connectivity index (χ1n) is 12.0. The molecule has 2 bridgehead atoms. The first-order chi connectivity index (χ1) is 15.1. The van der Waals surface area contributed by atoms with Gasteiger partial charge in [0.05, 0.1) is 6.04 Å². The molecule has 2 amide bonds. The van der Waals surface area contributed by atoms with E-state index in [1.165, 1.54) is 0 Å². The highest BCUT2D eigenvalue weighted by Gasteiger charge is 2.48. The minimum atomic E-state index is -0.529. The van der Waals surface area contributed by atoms with Crippen LogP contribution in [0.25, 0.3) is 0 Å². The van der Waals surface area contributed by atoms with E-state index >= 15 is 0 Å². The Hall–Kier alpha value is -2.15. The molecule has 1 aliphatic heterocycles. The van der Waals surface area contributed by atoms with Gasteiger partial charge in [0.2, 0.25) is 5.91 Å². The van der Waals surface area contributed by atoms with Gasteiger partial charge in [-0.1, -0.05) is 17.7 Å².